The number of thiophene rings is 1. The average Bonchev–Trinajstić information content (AvgIpc) is 3.17. The minimum Gasteiger partial charge on any atom is -0.423 e. The third-order valence-corrected chi connectivity index (χ3v) is 7.89. The number of hydrogen-bond acceptors (Lipinski definition) is 5. The van der Waals surface area contributed by atoms with Gasteiger partial charge in [-0.15, -0.1) is 11.3 Å². The summed E-state index contributed by atoms with van der Waals surface area (Å²) in [5.41, 5.74) is 4.67. The van der Waals surface area contributed by atoms with Crippen molar-refractivity contribution in [3.63, 3.8) is 0 Å². The van der Waals surface area contributed by atoms with E-state index in [9.17, 15) is 9.59 Å². The first-order valence-corrected chi connectivity index (χ1v) is 12.7. The summed E-state index contributed by atoms with van der Waals surface area (Å²) in [6.07, 6.45) is 2.84. The van der Waals surface area contributed by atoms with Gasteiger partial charge in [-0.25, -0.2) is 4.79 Å². The summed E-state index contributed by atoms with van der Waals surface area (Å²) in [4.78, 5) is 26.8. The summed E-state index contributed by atoms with van der Waals surface area (Å²) in [5.74, 6) is 0.732. The second-order valence-electron chi connectivity index (χ2n) is 10.4. The average molecular weight is 475 g/mol. The molecule has 2 N–H and O–H groups in total. The van der Waals surface area contributed by atoms with Gasteiger partial charge in [-0.3, -0.25) is 4.79 Å². The minimum atomic E-state index is -0.389. The predicted molar refractivity (Wildman–Crippen MR) is 136 cm³/mol. The Morgan fingerprint density at radius 3 is 2.41 bits per heavy atom. The second-order valence-corrected chi connectivity index (χ2v) is 11.5. The molecule has 2 aromatic carbocycles. The number of amides is 1. The minimum absolute atomic E-state index is 0.0139. The van der Waals surface area contributed by atoms with Crippen LogP contribution in [0.15, 0.2) is 48.5 Å². The second kappa shape index (κ2) is 8.58. The van der Waals surface area contributed by atoms with Gasteiger partial charge in [-0.1, -0.05) is 52.0 Å². The molecule has 0 spiro atoms. The fraction of sp³-hybridized carbons (Fsp3) is 0.357. The first kappa shape index (κ1) is 22.7. The predicted octanol–water partition coefficient (Wildman–Crippen LogP) is 6.24. The number of nitrogens with one attached hydrogen (secondary N) is 2. The zero-order valence-electron chi connectivity index (χ0n) is 20.0. The highest BCUT2D eigenvalue weighted by atomic mass is 32.1. The van der Waals surface area contributed by atoms with Gasteiger partial charge >= 0.3 is 5.97 Å². The van der Waals surface area contributed by atoms with E-state index in [2.05, 4.69) is 38.3 Å². The molecule has 1 aliphatic carbocycles. The van der Waals surface area contributed by atoms with Crippen molar-refractivity contribution < 1.29 is 14.3 Å². The fourth-order valence-corrected chi connectivity index (χ4v) is 6.07. The highest BCUT2D eigenvalue weighted by Gasteiger charge is 2.33. The Kier molecular flexibility index (Phi) is 5.72. The van der Waals surface area contributed by atoms with E-state index in [0.29, 0.717) is 17.2 Å². The van der Waals surface area contributed by atoms with E-state index < -0.39 is 0 Å². The van der Waals surface area contributed by atoms with Gasteiger partial charge in [0.25, 0.3) is 5.91 Å². The van der Waals surface area contributed by atoms with Gasteiger partial charge in [0.2, 0.25) is 0 Å². The van der Waals surface area contributed by atoms with Crippen molar-refractivity contribution in [2.24, 2.45) is 5.92 Å². The van der Waals surface area contributed by atoms with Crippen LogP contribution in [0.25, 0.3) is 0 Å². The molecule has 176 valence electrons. The number of hydrogen-bond donors (Lipinski definition) is 2. The first-order valence-electron chi connectivity index (χ1n) is 11.8. The molecule has 1 aromatic heterocycles. The molecule has 3 aromatic rings. The van der Waals surface area contributed by atoms with Crippen LogP contribution in [0, 0.1) is 5.92 Å². The number of benzene rings is 2. The van der Waals surface area contributed by atoms with Crippen LogP contribution in [-0.4, -0.2) is 11.9 Å². The van der Waals surface area contributed by atoms with Crippen LogP contribution < -0.4 is 15.4 Å². The molecule has 0 fully saturated rings. The molecule has 1 amide bonds. The van der Waals surface area contributed by atoms with Crippen LogP contribution >= 0.6 is 11.3 Å². The molecule has 6 heteroatoms. The van der Waals surface area contributed by atoms with Gasteiger partial charge in [0.15, 0.2) is 0 Å². The van der Waals surface area contributed by atoms with Crippen LogP contribution in [0.2, 0.25) is 0 Å². The monoisotopic (exact) mass is 474 g/mol. The molecule has 0 saturated heterocycles. The third-order valence-electron chi connectivity index (χ3n) is 6.70. The summed E-state index contributed by atoms with van der Waals surface area (Å²) in [6, 6.07) is 14.8. The maximum atomic E-state index is 12.9. The van der Waals surface area contributed by atoms with Crippen molar-refractivity contribution in [2.75, 3.05) is 5.32 Å². The Morgan fingerprint density at radius 2 is 1.74 bits per heavy atom. The lowest BCUT2D eigenvalue weighted by atomic mass is 9.87. The largest absolute Gasteiger partial charge is 0.423 e. The zero-order valence-corrected chi connectivity index (χ0v) is 20.8. The molecule has 34 heavy (non-hydrogen) atoms. The highest BCUT2D eigenvalue weighted by molar-refractivity contribution is 7.16. The number of fused-ring (bicyclic) bond motifs is 3. The van der Waals surface area contributed by atoms with E-state index in [0.717, 1.165) is 35.4 Å². The summed E-state index contributed by atoms with van der Waals surface area (Å²) >= 11 is 1.71. The van der Waals surface area contributed by atoms with E-state index in [1.165, 1.54) is 16.0 Å². The lowest BCUT2D eigenvalue weighted by molar-refractivity contribution is 0.0734. The number of carbonyl (C=O) groups excluding carboxylic acids is 2. The quantitative estimate of drug-likeness (QED) is 0.348. The van der Waals surface area contributed by atoms with Crippen LogP contribution in [0.1, 0.15) is 82.6 Å². The molecule has 0 bridgehead atoms. The summed E-state index contributed by atoms with van der Waals surface area (Å²) in [6.45, 7) is 8.69. The van der Waals surface area contributed by atoms with E-state index >= 15 is 0 Å². The van der Waals surface area contributed by atoms with Crippen LogP contribution in [0.3, 0.4) is 0 Å². The topological polar surface area (TPSA) is 67.4 Å². The summed E-state index contributed by atoms with van der Waals surface area (Å²) in [7, 11) is 0. The van der Waals surface area contributed by atoms with Gasteiger partial charge in [0.05, 0.1) is 11.1 Å². The smallest absolute Gasteiger partial charge is 0.343 e. The molecule has 5 rings (SSSR count). The SMILES string of the molecule is C[C@H]1CCc2c(sc3c2C(=O)N[C@H](c2ccc(OC(=O)c4ccc(C(C)(C)C)cc4)cc2)N3)C1. The molecule has 0 radical (unpaired) electrons. The Labute approximate surface area is 204 Å². The van der Waals surface area contributed by atoms with Crippen molar-refractivity contribution in [1.82, 2.24) is 5.32 Å². The number of carbonyl (C=O) groups is 2. The van der Waals surface area contributed by atoms with E-state index in [1.807, 2.05) is 24.3 Å². The summed E-state index contributed by atoms with van der Waals surface area (Å²) in [5, 5.41) is 7.55. The molecule has 0 saturated carbocycles. The molecular weight excluding hydrogens is 444 g/mol. The van der Waals surface area contributed by atoms with Gasteiger partial charge in [-0.2, -0.15) is 0 Å². The molecular formula is C28H30N2O3S. The lowest BCUT2D eigenvalue weighted by Crippen LogP contribution is -2.38. The maximum Gasteiger partial charge on any atom is 0.343 e. The first-order chi connectivity index (χ1) is 16.2. The number of ether oxygens (including phenoxy) is 1. The normalized spacial score (nSPS) is 19.5. The van der Waals surface area contributed by atoms with Crippen LogP contribution in [0.5, 0.6) is 5.75 Å². The van der Waals surface area contributed by atoms with Gasteiger partial charge in [-0.05, 0) is 71.6 Å². The maximum absolute atomic E-state index is 12.9. The van der Waals surface area contributed by atoms with Crippen molar-refractivity contribution in [2.45, 2.75) is 58.5 Å². The molecule has 2 aliphatic rings. The molecule has 2 atom stereocenters. The number of rotatable bonds is 3. The number of esters is 1. The summed E-state index contributed by atoms with van der Waals surface area (Å²) < 4.78 is 5.57. The van der Waals surface area contributed by atoms with Crippen LogP contribution in [-0.2, 0) is 18.3 Å². The molecule has 5 nitrogen and oxygen atoms in total. The standard InChI is InChI=1S/C28H30N2O3S/c1-16-5-14-21-22(15-16)34-26-23(21)25(31)29-24(30-26)17-8-12-20(13-9-17)33-27(32)18-6-10-19(11-7-18)28(2,3)4/h6-13,16,24,30H,5,14-15H2,1-4H3,(H,29,31)/t16-,24-/m0/s1. The number of anilines is 1. The molecule has 2 heterocycles. The van der Waals surface area contributed by atoms with Crippen molar-refractivity contribution in [3.05, 3.63) is 81.2 Å². The van der Waals surface area contributed by atoms with Crippen LogP contribution in [0.4, 0.5) is 5.00 Å². The van der Waals surface area contributed by atoms with E-state index in [4.69, 9.17) is 4.74 Å². The van der Waals surface area contributed by atoms with Gasteiger partial charge in [0.1, 0.15) is 16.9 Å². The Bertz CT molecular complexity index is 1240. The van der Waals surface area contributed by atoms with Crippen molar-refractivity contribution in [3.8, 4) is 5.75 Å². The Balaban J connectivity index is 1.27. The highest BCUT2D eigenvalue weighted by Crippen LogP contribution is 2.42. The third kappa shape index (κ3) is 4.34. The fourth-order valence-electron chi connectivity index (χ4n) is 4.63. The Morgan fingerprint density at radius 1 is 1.03 bits per heavy atom. The lowest BCUT2D eigenvalue weighted by Gasteiger charge is -2.27. The van der Waals surface area contributed by atoms with Gasteiger partial charge in [0, 0.05) is 4.88 Å². The van der Waals surface area contributed by atoms with E-state index in [-0.39, 0.29) is 23.5 Å². The molecule has 1 aliphatic heterocycles. The van der Waals surface area contributed by atoms with Crippen molar-refractivity contribution >= 4 is 28.2 Å². The zero-order chi connectivity index (χ0) is 24.0. The van der Waals surface area contributed by atoms with Crippen molar-refractivity contribution in [1.29, 1.82) is 0 Å². The molecule has 0 unspecified atom stereocenters. The Hall–Kier alpha value is -3.12. The van der Waals surface area contributed by atoms with Gasteiger partial charge < -0.3 is 15.4 Å². The van der Waals surface area contributed by atoms with E-state index in [1.54, 1.807) is 35.6 Å².